The molecule has 2 aromatic rings. The number of hydrogen-bond acceptors (Lipinski definition) is 6. The first-order valence-corrected chi connectivity index (χ1v) is 9.69. The number of aryl methyl sites for hydroxylation is 1. The molecular weight excluding hydrogens is 320 g/mol. The van der Waals surface area contributed by atoms with Crippen molar-refractivity contribution in [2.24, 2.45) is 5.92 Å². The molecule has 0 bridgehead atoms. The van der Waals surface area contributed by atoms with Gasteiger partial charge in [0.1, 0.15) is 11.6 Å². The Labute approximate surface area is 147 Å². The highest BCUT2D eigenvalue weighted by atomic mass is 32.1. The fraction of sp³-hybridized carbons (Fsp3) is 0.556. The maximum absolute atomic E-state index is 9.71. The molecule has 130 valence electrons. The SMILES string of the molecule is CCc1nc2c(c(NC[C@H](CO)Cc3ccsc3)n1)CCNCC2. The third kappa shape index (κ3) is 4.32. The van der Waals surface area contributed by atoms with Gasteiger partial charge in [-0.15, -0.1) is 0 Å². The van der Waals surface area contributed by atoms with Crippen LogP contribution >= 0.6 is 11.3 Å². The second kappa shape index (κ2) is 8.55. The van der Waals surface area contributed by atoms with Gasteiger partial charge in [-0.2, -0.15) is 11.3 Å². The molecule has 6 heteroatoms. The summed E-state index contributed by atoms with van der Waals surface area (Å²) in [5.41, 5.74) is 3.71. The molecule has 1 atom stereocenters. The van der Waals surface area contributed by atoms with E-state index >= 15 is 0 Å². The molecule has 0 aliphatic carbocycles. The smallest absolute Gasteiger partial charge is 0.133 e. The second-order valence-corrected chi connectivity index (χ2v) is 7.06. The average Bonchev–Trinajstić information content (AvgIpc) is 3.00. The molecule has 0 radical (unpaired) electrons. The maximum Gasteiger partial charge on any atom is 0.133 e. The Hall–Kier alpha value is -1.50. The number of aliphatic hydroxyl groups is 1. The molecule has 1 aliphatic heterocycles. The summed E-state index contributed by atoms with van der Waals surface area (Å²) in [6, 6.07) is 2.13. The largest absolute Gasteiger partial charge is 0.396 e. The predicted molar refractivity (Wildman–Crippen MR) is 98.8 cm³/mol. The van der Waals surface area contributed by atoms with E-state index in [1.165, 1.54) is 16.8 Å². The third-order valence-corrected chi connectivity index (χ3v) is 5.20. The summed E-state index contributed by atoms with van der Waals surface area (Å²) in [6.45, 7) is 4.94. The van der Waals surface area contributed by atoms with Crippen LogP contribution in [0.4, 0.5) is 5.82 Å². The summed E-state index contributed by atoms with van der Waals surface area (Å²) in [6.07, 6.45) is 3.64. The number of fused-ring (bicyclic) bond motifs is 1. The number of thiophene rings is 1. The molecule has 0 spiro atoms. The van der Waals surface area contributed by atoms with Crippen LogP contribution in [0.25, 0.3) is 0 Å². The summed E-state index contributed by atoms with van der Waals surface area (Å²) in [5.74, 6) is 2.06. The van der Waals surface area contributed by atoms with Gasteiger partial charge >= 0.3 is 0 Å². The van der Waals surface area contributed by atoms with Crippen molar-refractivity contribution in [3.8, 4) is 0 Å². The van der Waals surface area contributed by atoms with Crippen LogP contribution in [-0.4, -0.2) is 41.3 Å². The van der Waals surface area contributed by atoms with E-state index in [0.29, 0.717) is 0 Å². The number of nitrogens with zero attached hydrogens (tertiary/aromatic N) is 2. The first-order chi connectivity index (χ1) is 11.8. The van der Waals surface area contributed by atoms with Gasteiger partial charge in [-0.3, -0.25) is 0 Å². The van der Waals surface area contributed by atoms with Crippen LogP contribution in [0.1, 0.15) is 29.6 Å². The Balaban J connectivity index is 1.73. The summed E-state index contributed by atoms with van der Waals surface area (Å²) < 4.78 is 0. The van der Waals surface area contributed by atoms with Crippen molar-refractivity contribution < 1.29 is 5.11 Å². The molecule has 3 N–H and O–H groups in total. The topological polar surface area (TPSA) is 70.1 Å². The molecule has 0 fully saturated rings. The van der Waals surface area contributed by atoms with Crippen molar-refractivity contribution in [1.82, 2.24) is 15.3 Å². The van der Waals surface area contributed by atoms with E-state index in [1.807, 2.05) is 0 Å². The fourth-order valence-electron chi connectivity index (χ4n) is 3.08. The van der Waals surface area contributed by atoms with Crippen molar-refractivity contribution in [2.75, 3.05) is 31.6 Å². The molecule has 1 aliphatic rings. The van der Waals surface area contributed by atoms with E-state index in [4.69, 9.17) is 9.97 Å². The van der Waals surface area contributed by atoms with Gasteiger partial charge in [-0.1, -0.05) is 6.92 Å². The van der Waals surface area contributed by atoms with E-state index in [0.717, 1.165) is 57.0 Å². The van der Waals surface area contributed by atoms with E-state index in [9.17, 15) is 5.11 Å². The van der Waals surface area contributed by atoms with E-state index < -0.39 is 0 Å². The minimum atomic E-state index is 0.179. The highest BCUT2D eigenvalue weighted by Crippen LogP contribution is 2.21. The van der Waals surface area contributed by atoms with Gasteiger partial charge in [0.25, 0.3) is 0 Å². The number of hydrogen-bond donors (Lipinski definition) is 3. The lowest BCUT2D eigenvalue weighted by atomic mass is 10.0. The van der Waals surface area contributed by atoms with Crippen LogP contribution in [-0.2, 0) is 25.7 Å². The van der Waals surface area contributed by atoms with E-state index in [2.05, 4.69) is 34.4 Å². The Morgan fingerprint density at radius 3 is 2.96 bits per heavy atom. The van der Waals surface area contributed by atoms with Crippen molar-refractivity contribution in [2.45, 2.75) is 32.6 Å². The lowest BCUT2D eigenvalue weighted by molar-refractivity contribution is 0.232. The predicted octanol–water partition coefficient (Wildman–Crippen LogP) is 2.05. The van der Waals surface area contributed by atoms with Crippen molar-refractivity contribution in [1.29, 1.82) is 0 Å². The molecule has 3 rings (SSSR count). The summed E-state index contributed by atoms with van der Waals surface area (Å²) in [4.78, 5) is 9.44. The number of aliphatic hydroxyl groups excluding tert-OH is 1. The average molecular weight is 347 g/mol. The second-order valence-electron chi connectivity index (χ2n) is 6.28. The number of aromatic nitrogens is 2. The van der Waals surface area contributed by atoms with Gasteiger partial charge in [0.15, 0.2) is 0 Å². The van der Waals surface area contributed by atoms with Gasteiger partial charge in [0, 0.05) is 44.0 Å². The Kier molecular flexibility index (Phi) is 6.18. The molecule has 24 heavy (non-hydrogen) atoms. The minimum absolute atomic E-state index is 0.179. The van der Waals surface area contributed by atoms with Crippen LogP contribution in [0.15, 0.2) is 16.8 Å². The molecule has 0 amide bonds. The lowest BCUT2D eigenvalue weighted by Crippen LogP contribution is -2.22. The van der Waals surface area contributed by atoms with Crippen LogP contribution in [0.2, 0.25) is 0 Å². The summed E-state index contributed by atoms with van der Waals surface area (Å²) >= 11 is 1.70. The fourth-order valence-corrected chi connectivity index (χ4v) is 3.77. The van der Waals surface area contributed by atoms with Gasteiger partial charge < -0.3 is 15.7 Å². The van der Waals surface area contributed by atoms with Crippen LogP contribution in [0.3, 0.4) is 0 Å². The zero-order valence-electron chi connectivity index (χ0n) is 14.2. The quantitative estimate of drug-likeness (QED) is 0.716. The molecule has 5 nitrogen and oxygen atoms in total. The van der Waals surface area contributed by atoms with Crippen LogP contribution in [0.5, 0.6) is 0 Å². The Morgan fingerprint density at radius 2 is 2.21 bits per heavy atom. The lowest BCUT2D eigenvalue weighted by Gasteiger charge is -2.18. The van der Waals surface area contributed by atoms with Crippen molar-refractivity contribution >= 4 is 17.2 Å². The van der Waals surface area contributed by atoms with Crippen LogP contribution in [0, 0.1) is 5.92 Å². The maximum atomic E-state index is 9.71. The Morgan fingerprint density at radius 1 is 1.33 bits per heavy atom. The molecule has 0 aromatic carbocycles. The monoisotopic (exact) mass is 346 g/mol. The first-order valence-electron chi connectivity index (χ1n) is 8.75. The first kappa shape index (κ1) is 17.3. The highest BCUT2D eigenvalue weighted by molar-refractivity contribution is 7.07. The molecule has 0 unspecified atom stereocenters. The third-order valence-electron chi connectivity index (χ3n) is 4.47. The number of rotatable bonds is 7. The van der Waals surface area contributed by atoms with Gasteiger partial charge in [0.05, 0.1) is 5.69 Å². The standard InChI is InChI=1S/C18H26N4OS/c1-2-17-21-16-4-7-19-6-3-15(16)18(22-17)20-10-14(11-23)9-13-5-8-24-12-13/h5,8,12,14,19,23H,2-4,6-7,9-11H2,1H3,(H,20,21,22)/t14-/m1/s1. The van der Waals surface area contributed by atoms with Crippen molar-refractivity contribution in [3.05, 3.63) is 39.5 Å². The van der Waals surface area contributed by atoms with Crippen LogP contribution < -0.4 is 10.6 Å². The zero-order valence-corrected chi connectivity index (χ0v) is 15.0. The summed E-state index contributed by atoms with van der Waals surface area (Å²) in [5, 5.41) is 20.9. The van der Waals surface area contributed by atoms with Gasteiger partial charge in [-0.05, 0) is 41.8 Å². The molecule has 0 saturated carbocycles. The molecule has 0 saturated heterocycles. The van der Waals surface area contributed by atoms with Gasteiger partial charge in [0.2, 0.25) is 0 Å². The minimum Gasteiger partial charge on any atom is -0.396 e. The Bertz CT molecular complexity index is 645. The normalized spacial score (nSPS) is 15.6. The number of anilines is 1. The number of nitrogens with one attached hydrogen (secondary N) is 2. The summed E-state index contributed by atoms with van der Waals surface area (Å²) in [7, 11) is 0. The highest BCUT2D eigenvalue weighted by Gasteiger charge is 2.17. The van der Waals surface area contributed by atoms with Crippen molar-refractivity contribution in [3.63, 3.8) is 0 Å². The molecular formula is C18H26N4OS. The van der Waals surface area contributed by atoms with E-state index in [1.54, 1.807) is 11.3 Å². The van der Waals surface area contributed by atoms with E-state index in [-0.39, 0.29) is 12.5 Å². The molecule has 2 aromatic heterocycles. The zero-order chi connectivity index (χ0) is 16.8. The molecule has 3 heterocycles. The van der Waals surface area contributed by atoms with Gasteiger partial charge in [-0.25, -0.2) is 9.97 Å².